The molecule has 4 rings (SSSR count). The third kappa shape index (κ3) is 4.15. The molecule has 0 saturated heterocycles. The van der Waals surface area contributed by atoms with Crippen molar-refractivity contribution in [3.63, 3.8) is 0 Å². The van der Waals surface area contributed by atoms with Gasteiger partial charge in [-0.1, -0.05) is 6.07 Å². The van der Waals surface area contributed by atoms with Gasteiger partial charge in [0.1, 0.15) is 17.4 Å². The molecule has 1 aromatic carbocycles. The lowest BCUT2D eigenvalue weighted by Crippen LogP contribution is -1.98. The minimum absolute atomic E-state index is 0.113. The fourth-order valence-electron chi connectivity index (χ4n) is 2.80. The van der Waals surface area contributed by atoms with Crippen LogP contribution in [0.5, 0.6) is 6.01 Å². The van der Waals surface area contributed by atoms with E-state index in [2.05, 4.69) is 19.9 Å². The van der Waals surface area contributed by atoms with E-state index in [1.54, 1.807) is 30.6 Å². The summed E-state index contributed by atoms with van der Waals surface area (Å²) in [6.45, 7) is 2.09. The number of halogens is 1. The second-order valence-electron chi connectivity index (χ2n) is 6.25. The van der Waals surface area contributed by atoms with E-state index in [4.69, 9.17) is 9.84 Å². The summed E-state index contributed by atoms with van der Waals surface area (Å²) in [6, 6.07) is 11.0. The van der Waals surface area contributed by atoms with Crippen molar-refractivity contribution in [3.8, 4) is 27.8 Å². The zero-order valence-corrected chi connectivity index (χ0v) is 16.6. The van der Waals surface area contributed by atoms with Crippen LogP contribution in [0.1, 0.15) is 21.1 Å². The Morgan fingerprint density at radius 3 is 2.60 bits per heavy atom. The van der Waals surface area contributed by atoms with Gasteiger partial charge in [-0.15, -0.1) is 11.3 Å². The van der Waals surface area contributed by atoms with E-state index >= 15 is 0 Å². The normalized spacial score (nSPS) is 10.7. The first-order valence-corrected chi connectivity index (χ1v) is 9.69. The van der Waals surface area contributed by atoms with Crippen LogP contribution in [-0.4, -0.2) is 31.0 Å². The number of aromatic nitrogens is 4. The van der Waals surface area contributed by atoms with Gasteiger partial charge in [0.05, 0.1) is 27.5 Å². The number of hydrogen-bond acceptors (Lipinski definition) is 7. The van der Waals surface area contributed by atoms with Crippen LogP contribution in [0.4, 0.5) is 4.39 Å². The maximum absolute atomic E-state index is 14.4. The maximum Gasteiger partial charge on any atom is 0.335 e. The van der Waals surface area contributed by atoms with Crippen LogP contribution in [0.25, 0.3) is 21.8 Å². The third-order valence-electron chi connectivity index (χ3n) is 4.18. The fraction of sp³-hybridized carbons (Fsp3) is 0.0952. The predicted molar refractivity (Wildman–Crippen MR) is 109 cm³/mol. The summed E-state index contributed by atoms with van der Waals surface area (Å²) in [5.74, 6) is -1.82. The average molecular weight is 422 g/mol. The summed E-state index contributed by atoms with van der Waals surface area (Å²) in [5.41, 5.74) is 1.95. The van der Waals surface area contributed by atoms with Crippen molar-refractivity contribution in [1.82, 2.24) is 19.9 Å². The maximum atomic E-state index is 14.4. The lowest BCUT2D eigenvalue weighted by molar-refractivity contribution is 0.0696. The molecule has 7 nitrogen and oxygen atoms in total. The number of carboxylic acid groups (broad SMARTS) is 1. The number of hydrogen-bond donors (Lipinski definition) is 1. The number of thiazole rings is 1. The first kappa shape index (κ1) is 19.6. The van der Waals surface area contributed by atoms with Crippen molar-refractivity contribution >= 4 is 17.3 Å². The molecule has 9 heteroatoms. The minimum atomic E-state index is -1.18. The van der Waals surface area contributed by atoms with Gasteiger partial charge < -0.3 is 9.84 Å². The van der Waals surface area contributed by atoms with Crippen molar-refractivity contribution in [1.29, 1.82) is 0 Å². The molecule has 0 aliphatic rings. The Labute approximate surface area is 174 Å². The summed E-state index contributed by atoms with van der Waals surface area (Å²) < 4.78 is 20.0. The zero-order chi connectivity index (χ0) is 21.1. The molecule has 0 saturated carbocycles. The largest absolute Gasteiger partial charge is 0.478 e. The lowest BCUT2D eigenvalue weighted by atomic mass is 10.1. The molecule has 0 amide bonds. The van der Waals surface area contributed by atoms with Gasteiger partial charge in [-0.3, -0.25) is 0 Å². The molecule has 150 valence electrons. The molecule has 3 heterocycles. The van der Waals surface area contributed by atoms with Gasteiger partial charge in [0.25, 0.3) is 0 Å². The molecule has 0 spiro atoms. The molecule has 0 radical (unpaired) electrons. The monoisotopic (exact) mass is 422 g/mol. The van der Waals surface area contributed by atoms with Crippen molar-refractivity contribution in [2.75, 3.05) is 0 Å². The van der Waals surface area contributed by atoms with Gasteiger partial charge in [-0.05, 0) is 43.3 Å². The van der Waals surface area contributed by atoms with Gasteiger partial charge in [-0.25, -0.2) is 29.1 Å². The predicted octanol–water partition coefficient (Wildman–Crippen LogP) is 4.39. The Kier molecular flexibility index (Phi) is 5.44. The fourth-order valence-corrected chi connectivity index (χ4v) is 3.75. The third-order valence-corrected chi connectivity index (χ3v) is 5.33. The van der Waals surface area contributed by atoms with E-state index in [0.717, 1.165) is 21.6 Å². The highest BCUT2D eigenvalue weighted by Gasteiger charge is 2.15. The molecule has 0 bridgehead atoms. The van der Waals surface area contributed by atoms with Crippen molar-refractivity contribution < 1.29 is 19.0 Å². The topological polar surface area (TPSA) is 98.1 Å². The average Bonchev–Trinajstić information content (AvgIpc) is 3.13. The van der Waals surface area contributed by atoms with E-state index in [-0.39, 0.29) is 23.7 Å². The Hall–Kier alpha value is -3.72. The molecule has 1 N–H and O–H groups in total. The van der Waals surface area contributed by atoms with Gasteiger partial charge in [-0.2, -0.15) is 0 Å². The van der Waals surface area contributed by atoms with E-state index in [1.165, 1.54) is 23.5 Å². The first-order chi connectivity index (χ1) is 14.5. The number of carbonyl (C=O) groups is 1. The molecular formula is C21H15FN4O3S. The van der Waals surface area contributed by atoms with Crippen LogP contribution in [-0.2, 0) is 6.61 Å². The van der Waals surface area contributed by atoms with Gasteiger partial charge in [0.2, 0.25) is 0 Å². The number of rotatable bonds is 6. The van der Waals surface area contributed by atoms with Crippen LogP contribution in [0.15, 0.2) is 54.9 Å². The van der Waals surface area contributed by atoms with Crippen molar-refractivity contribution in [2.24, 2.45) is 0 Å². The molecule has 0 aliphatic heterocycles. The second kappa shape index (κ2) is 8.34. The number of nitrogens with zero attached hydrogens (tertiary/aromatic N) is 4. The molecule has 0 unspecified atom stereocenters. The van der Waals surface area contributed by atoms with Gasteiger partial charge in [0, 0.05) is 18.0 Å². The highest BCUT2D eigenvalue weighted by atomic mass is 32.1. The Bertz CT molecular complexity index is 1210. The highest BCUT2D eigenvalue weighted by Crippen LogP contribution is 2.31. The summed E-state index contributed by atoms with van der Waals surface area (Å²) in [5, 5.41) is 9.74. The Morgan fingerprint density at radius 1 is 1.10 bits per heavy atom. The van der Waals surface area contributed by atoms with Crippen LogP contribution in [0.2, 0.25) is 0 Å². The quantitative estimate of drug-likeness (QED) is 0.492. The number of carboxylic acids is 1. The zero-order valence-electron chi connectivity index (χ0n) is 15.7. The molecule has 4 aromatic rings. The molecule has 0 atom stereocenters. The summed E-state index contributed by atoms with van der Waals surface area (Å²) in [6.07, 6.45) is 3.19. The van der Waals surface area contributed by atoms with Gasteiger partial charge >= 0.3 is 12.0 Å². The molecule has 3 aromatic heterocycles. The summed E-state index contributed by atoms with van der Waals surface area (Å²) >= 11 is 1.42. The first-order valence-electron chi connectivity index (χ1n) is 8.88. The van der Waals surface area contributed by atoms with Gasteiger partial charge in [0.15, 0.2) is 0 Å². The van der Waals surface area contributed by atoms with Crippen LogP contribution in [0.3, 0.4) is 0 Å². The van der Waals surface area contributed by atoms with E-state index < -0.39 is 11.8 Å². The standard InChI is InChI=1S/C21H15FN4O3S/c1-12-19(30-18(25-12)11-29-21-23-8-3-9-24-21)17-5-2-4-16(26-17)14-7-6-13(20(27)28)10-15(14)22/h2-10H,11H2,1H3,(H,27,28). The van der Waals surface area contributed by atoms with Crippen LogP contribution < -0.4 is 4.74 Å². The number of ether oxygens (including phenoxy) is 1. The van der Waals surface area contributed by atoms with E-state index in [0.29, 0.717) is 11.4 Å². The Morgan fingerprint density at radius 2 is 1.87 bits per heavy atom. The number of aryl methyl sites for hydroxylation is 1. The molecule has 30 heavy (non-hydrogen) atoms. The van der Waals surface area contributed by atoms with Crippen molar-refractivity contribution in [2.45, 2.75) is 13.5 Å². The van der Waals surface area contributed by atoms with Crippen LogP contribution >= 0.6 is 11.3 Å². The van der Waals surface area contributed by atoms with E-state index in [9.17, 15) is 9.18 Å². The number of aromatic carboxylic acids is 1. The number of pyridine rings is 1. The Balaban J connectivity index is 1.60. The second-order valence-corrected chi connectivity index (χ2v) is 7.33. The lowest BCUT2D eigenvalue weighted by Gasteiger charge is -2.06. The van der Waals surface area contributed by atoms with Crippen LogP contribution in [0, 0.1) is 12.7 Å². The number of benzene rings is 1. The van der Waals surface area contributed by atoms with E-state index in [1.807, 2.05) is 13.0 Å². The SMILES string of the molecule is Cc1nc(COc2ncccn2)sc1-c1cccc(-c2ccc(C(=O)O)cc2F)n1. The summed E-state index contributed by atoms with van der Waals surface area (Å²) in [4.78, 5) is 28.9. The molecule has 0 aliphatic carbocycles. The molecule has 0 fully saturated rings. The summed E-state index contributed by atoms with van der Waals surface area (Å²) in [7, 11) is 0. The smallest absolute Gasteiger partial charge is 0.335 e. The highest BCUT2D eigenvalue weighted by molar-refractivity contribution is 7.15. The molecular weight excluding hydrogens is 407 g/mol. The minimum Gasteiger partial charge on any atom is -0.478 e. The van der Waals surface area contributed by atoms with Crippen molar-refractivity contribution in [3.05, 3.63) is 76.9 Å².